The van der Waals surface area contributed by atoms with Gasteiger partial charge in [-0.05, 0) is 35.6 Å². The largest absolute Gasteiger partial charge is 0.296 e. The van der Waals surface area contributed by atoms with Gasteiger partial charge in [0.05, 0.1) is 11.9 Å². The molecule has 2 aromatic heterocycles. The van der Waals surface area contributed by atoms with Gasteiger partial charge in [-0.2, -0.15) is 0 Å². The van der Waals surface area contributed by atoms with Crippen LogP contribution in [0.3, 0.4) is 0 Å². The van der Waals surface area contributed by atoms with Crippen molar-refractivity contribution in [2.45, 2.75) is 12.8 Å². The number of carbonyl (C=O) groups excluding carboxylic acids is 1. The summed E-state index contributed by atoms with van der Waals surface area (Å²) < 4.78 is 0. The second-order valence-corrected chi connectivity index (χ2v) is 6.25. The van der Waals surface area contributed by atoms with Crippen LogP contribution >= 0.6 is 11.3 Å². The summed E-state index contributed by atoms with van der Waals surface area (Å²) in [6.45, 7) is 0.739. The first-order valence-electron chi connectivity index (χ1n) is 7.03. The molecule has 4 rings (SSSR count). The van der Waals surface area contributed by atoms with Crippen molar-refractivity contribution in [1.29, 1.82) is 0 Å². The fourth-order valence-corrected chi connectivity index (χ4v) is 3.50. The lowest BCUT2D eigenvalue weighted by molar-refractivity contribution is -0.117. The summed E-state index contributed by atoms with van der Waals surface area (Å²) in [5.41, 5.74) is 2.13. The molecule has 0 atom stereocenters. The van der Waals surface area contributed by atoms with Gasteiger partial charge in [-0.1, -0.05) is 24.3 Å². The van der Waals surface area contributed by atoms with Crippen LogP contribution in [0.1, 0.15) is 10.4 Å². The zero-order valence-electron chi connectivity index (χ0n) is 11.5. The maximum absolute atomic E-state index is 12.5. The topological polar surface area (TPSA) is 33.2 Å². The van der Waals surface area contributed by atoms with E-state index in [0.717, 1.165) is 34.6 Å². The van der Waals surface area contributed by atoms with Gasteiger partial charge in [-0.3, -0.25) is 9.69 Å². The summed E-state index contributed by atoms with van der Waals surface area (Å²) in [5.74, 6) is 0.981. The van der Waals surface area contributed by atoms with Crippen LogP contribution in [0.5, 0.6) is 0 Å². The quantitative estimate of drug-likeness (QED) is 0.725. The molecule has 1 amide bonds. The lowest BCUT2D eigenvalue weighted by Gasteiger charge is -2.16. The van der Waals surface area contributed by atoms with E-state index in [-0.39, 0.29) is 5.91 Å². The predicted octanol–water partition coefficient (Wildman–Crippen LogP) is 3.43. The van der Waals surface area contributed by atoms with Gasteiger partial charge >= 0.3 is 0 Å². The number of para-hydroxylation sites is 1. The van der Waals surface area contributed by atoms with Crippen molar-refractivity contribution in [3.8, 4) is 0 Å². The van der Waals surface area contributed by atoms with E-state index in [1.165, 1.54) is 5.56 Å². The van der Waals surface area contributed by atoms with Crippen molar-refractivity contribution in [3.05, 3.63) is 58.3 Å². The van der Waals surface area contributed by atoms with Gasteiger partial charge in [0, 0.05) is 16.8 Å². The number of rotatable bonds is 2. The van der Waals surface area contributed by atoms with E-state index in [1.807, 2.05) is 40.6 Å². The first-order valence-corrected chi connectivity index (χ1v) is 7.90. The highest BCUT2D eigenvalue weighted by molar-refractivity contribution is 7.10. The molecule has 104 valence electrons. The molecule has 1 aromatic carbocycles. The van der Waals surface area contributed by atoms with Crippen LogP contribution in [0, 0.1) is 0 Å². The molecule has 0 spiro atoms. The number of thiophene rings is 1. The van der Waals surface area contributed by atoms with Gasteiger partial charge < -0.3 is 0 Å². The second-order valence-electron chi connectivity index (χ2n) is 5.22. The zero-order chi connectivity index (χ0) is 14.2. The first kappa shape index (κ1) is 12.5. The van der Waals surface area contributed by atoms with E-state index < -0.39 is 0 Å². The van der Waals surface area contributed by atoms with Crippen molar-refractivity contribution in [1.82, 2.24) is 4.98 Å². The Balaban J connectivity index is 1.69. The molecule has 3 aromatic rings. The third kappa shape index (κ3) is 2.21. The van der Waals surface area contributed by atoms with Crippen LogP contribution < -0.4 is 4.90 Å². The fourth-order valence-electron chi connectivity index (χ4n) is 2.81. The van der Waals surface area contributed by atoms with E-state index in [2.05, 4.69) is 12.1 Å². The lowest BCUT2D eigenvalue weighted by atomic mass is 10.1. The average molecular weight is 294 g/mol. The number of hydrogen-bond donors (Lipinski definition) is 0. The number of amides is 1. The molecule has 0 saturated heterocycles. The van der Waals surface area contributed by atoms with Gasteiger partial charge in [0.2, 0.25) is 5.91 Å². The maximum Gasteiger partial charge on any atom is 0.233 e. The summed E-state index contributed by atoms with van der Waals surface area (Å²) in [7, 11) is 0. The Labute approximate surface area is 126 Å². The van der Waals surface area contributed by atoms with Crippen LogP contribution in [0.2, 0.25) is 0 Å². The Morgan fingerprint density at radius 2 is 2.14 bits per heavy atom. The molecule has 0 unspecified atom stereocenters. The minimum atomic E-state index is 0.138. The smallest absolute Gasteiger partial charge is 0.233 e. The molecule has 0 fully saturated rings. The summed E-state index contributed by atoms with van der Waals surface area (Å²) in [6.07, 6.45) is 1.36. The number of aromatic nitrogens is 1. The molecular weight excluding hydrogens is 280 g/mol. The van der Waals surface area contributed by atoms with Crippen LogP contribution in [0.15, 0.2) is 47.8 Å². The third-order valence-corrected chi connectivity index (χ3v) is 4.72. The molecule has 1 aliphatic rings. The average Bonchev–Trinajstić information content (AvgIpc) is 3.13. The Bertz CT molecular complexity index is 811. The molecule has 1 aliphatic heterocycles. The predicted molar refractivity (Wildman–Crippen MR) is 85.8 cm³/mol. The van der Waals surface area contributed by atoms with Gasteiger partial charge in [-0.15, -0.1) is 11.3 Å². The molecule has 0 radical (unpaired) electrons. The van der Waals surface area contributed by atoms with Crippen molar-refractivity contribution in [2.75, 3.05) is 11.4 Å². The third-order valence-electron chi connectivity index (χ3n) is 3.85. The number of nitrogens with zero attached hydrogens (tertiary/aromatic N) is 2. The van der Waals surface area contributed by atoms with Gasteiger partial charge in [-0.25, -0.2) is 4.98 Å². The second kappa shape index (κ2) is 4.97. The summed E-state index contributed by atoms with van der Waals surface area (Å²) in [6, 6.07) is 14.2. The normalized spacial score (nSPS) is 13.6. The van der Waals surface area contributed by atoms with Crippen molar-refractivity contribution in [2.24, 2.45) is 0 Å². The molecule has 0 aliphatic carbocycles. The van der Waals surface area contributed by atoms with E-state index in [0.29, 0.717) is 6.42 Å². The Morgan fingerprint density at radius 1 is 1.24 bits per heavy atom. The Morgan fingerprint density at radius 3 is 3.00 bits per heavy atom. The fraction of sp³-hybridized carbons (Fsp3) is 0.176. The minimum Gasteiger partial charge on any atom is -0.296 e. The molecule has 3 heterocycles. The summed E-state index contributed by atoms with van der Waals surface area (Å²) >= 11 is 1.63. The highest BCUT2D eigenvalue weighted by atomic mass is 32.1. The zero-order valence-corrected chi connectivity index (χ0v) is 12.3. The molecule has 0 N–H and O–H groups in total. The monoisotopic (exact) mass is 294 g/mol. The SMILES string of the molecule is O=C(Cc1cccs1)N1CCc2cc3ccccc3nc21. The highest BCUT2D eigenvalue weighted by Crippen LogP contribution is 2.30. The lowest BCUT2D eigenvalue weighted by Crippen LogP contribution is -2.30. The number of hydrogen-bond acceptors (Lipinski definition) is 3. The van der Waals surface area contributed by atoms with E-state index in [4.69, 9.17) is 4.98 Å². The van der Waals surface area contributed by atoms with Crippen LogP contribution in [-0.2, 0) is 17.6 Å². The van der Waals surface area contributed by atoms with Gasteiger partial charge in [0.1, 0.15) is 5.82 Å². The maximum atomic E-state index is 12.5. The first-order chi connectivity index (χ1) is 10.3. The molecule has 4 heteroatoms. The molecule has 21 heavy (non-hydrogen) atoms. The van der Waals surface area contributed by atoms with Gasteiger partial charge in [0.15, 0.2) is 0 Å². The van der Waals surface area contributed by atoms with Crippen LogP contribution in [0.25, 0.3) is 10.9 Å². The van der Waals surface area contributed by atoms with Crippen molar-refractivity contribution in [3.63, 3.8) is 0 Å². The van der Waals surface area contributed by atoms with Crippen molar-refractivity contribution < 1.29 is 4.79 Å². The Kier molecular flexibility index (Phi) is 2.97. The van der Waals surface area contributed by atoms with E-state index in [9.17, 15) is 4.79 Å². The van der Waals surface area contributed by atoms with E-state index >= 15 is 0 Å². The summed E-state index contributed by atoms with van der Waals surface area (Å²) in [4.78, 5) is 20.1. The molecule has 3 nitrogen and oxygen atoms in total. The van der Waals surface area contributed by atoms with E-state index in [1.54, 1.807) is 11.3 Å². The molecular formula is C17H14N2OS. The Hall–Kier alpha value is -2.20. The van der Waals surface area contributed by atoms with Crippen LogP contribution in [0.4, 0.5) is 5.82 Å². The van der Waals surface area contributed by atoms with Gasteiger partial charge in [0.25, 0.3) is 0 Å². The molecule has 0 bridgehead atoms. The standard InChI is InChI=1S/C17H14N2OS/c20-16(11-14-5-3-9-21-14)19-8-7-13-10-12-4-1-2-6-15(12)18-17(13)19/h1-6,9-10H,7-8,11H2. The minimum absolute atomic E-state index is 0.138. The number of benzene rings is 1. The van der Waals surface area contributed by atoms with Crippen molar-refractivity contribution >= 4 is 34.0 Å². The highest BCUT2D eigenvalue weighted by Gasteiger charge is 2.26. The number of anilines is 1. The van der Waals surface area contributed by atoms with Crippen LogP contribution in [-0.4, -0.2) is 17.4 Å². The number of fused-ring (bicyclic) bond motifs is 2. The molecule has 0 saturated carbocycles. The number of pyridine rings is 1. The summed E-state index contributed by atoms with van der Waals surface area (Å²) in [5, 5.41) is 3.15. The number of carbonyl (C=O) groups is 1.